The molecule has 2 aromatic rings. The maximum atomic E-state index is 12.8. The highest BCUT2D eigenvalue weighted by Gasteiger charge is 2.23. The van der Waals surface area contributed by atoms with Gasteiger partial charge < -0.3 is 15.2 Å². The van der Waals surface area contributed by atoms with Gasteiger partial charge in [-0.05, 0) is 55.1 Å². The summed E-state index contributed by atoms with van der Waals surface area (Å²) < 4.78 is 5.57. The first kappa shape index (κ1) is 24.8. The number of hydrogen-bond acceptors (Lipinski definition) is 4. The van der Waals surface area contributed by atoms with Crippen LogP contribution in [0.25, 0.3) is 0 Å². The average Bonchev–Trinajstić information content (AvgIpc) is 2.76. The van der Waals surface area contributed by atoms with E-state index in [0.717, 1.165) is 17.7 Å². The summed E-state index contributed by atoms with van der Waals surface area (Å²) in [5.41, 5.74) is 7.26. The summed E-state index contributed by atoms with van der Waals surface area (Å²) in [6, 6.07) is 19.2. The Morgan fingerprint density at radius 2 is 1.68 bits per heavy atom. The second kappa shape index (κ2) is 13.7. The van der Waals surface area contributed by atoms with E-state index in [2.05, 4.69) is 30.0 Å². The molecule has 7 heteroatoms. The number of rotatable bonds is 11. The number of carbonyl (C=O) groups is 1. The molecule has 0 aliphatic heterocycles. The molecule has 2 aromatic carbocycles. The Bertz CT molecular complexity index is 787. The van der Waals surface area contributed by atoms with Gasteiger partial charge in [-0.2, -0.15) is 0 Å². The van der Waals surface area contributed by atoms with Crippen molar-refractivity contribution in [2.75, 3.05) is 18.5 Å². The van der Waals surface area contributed by atoms with Crippen LogP contribution >= 0.6 is 12.2 Å². The number of ether oxygens (including phenoxy) is 1. The van der Waals surface area contributed by atoms with Crippen LogP contribution in [0.1, 0.15) is 32.3 Å². The Morgan fingerprint density at radius 3 is 2.32 bits per heavy atom. The fraction of sp³-hybridized carbons (Fsp3) is 0.417. The van der Waals surface area contributed by atoms with Crippen LogP contribution in [0.2, 0.25) is 0 Å². The maximum Gasteiger partial charge on any atom is 0.241 e. The molecule has 0 heterocycles. The number of amides is 1. The first-order valence-electron chi connectivity index (χ1n) is 10.7. The molecule has 0 aromatic heterocycles. The van der Waals surface area contributed by atoms with E-state index in [1.54, 1.807) is 0 Å². The molecule has 1 amide bonds. The van der Waals surface area contributed by atoms with Gasteiger partial charge in [-0.15, -0.1) is 0 Å². The predicted octanol–water partition coefficient (Wildman–Crippen LogP) is 3.68. The summed E-state index contributed by atoms with van der Waals surface area (Å²) >= 11 is 5.24. The lowest BCUT2D eigenvalue weighted by atomic mass is 9.93. The fourth-order valence-corrected chi connectivity index (χ4v) is 3.19. The van der Waals surface area contributed by atoms with Crippen molar-refractivity contribution >= 4 is 28.9 Å². The van der Waals surface area contributed by atoms with Gasteiger partial charge in [0.15, 0.2) is 5.11 Å². The summed E-state index contributed by atoms with van der Waals surface area (Å²) in [6.45, 7) is 5.08. The zero-order valence-corrected chi connectivity index (χ0v) is 19.0. The zero-order valence-electron chi connectivity index (χ0n) is 18.2. The van der Waals surface area contributed by atoms with Crippen LogP contribution in [0.15, 0.2) is 60.7 Å². The van der Waals surface area contributed by atoms with Gasteiger partial charge in [0.05, 0.1) is 12.7 Å². The molecule has 2 rings (SSSR count). The van der Waals surface area contributed by atoms with Crippen molar-refractivity contribution in [3.05, 3.63) is 66.2 Å². The van der Waals surface area contributed by atoms with E-state index in [1.807, 2.05) is 60.7 Å². The zero-order chi connectivity index (χ0) is 22.5. The number of aliphatic hydroxyl groups is 1. The number of para-hydroxylation sites is 1. The molecule has 0 aliphatic rings. The predicted molar refractivity (Wildman–Crippen MR) is 128 cm³/mol. The van der Waals surface area contributed by atoms with E-state index in [4.69, 9.17) is 17.0 Å². The number of benzene rings is 2. The molecule has 0 aliphatic carbocycles. The van der Waals surface area contributed by atoms with E-state index in [9.17, 15) is 9.90 Å². The highest BCUT2D eigenvalue weighted by Crippen LogP contribution is 2.15. The van der Waals surface area contributed by atoms with Gasteiger partial charge in [0.2, 0.25) is 5.91 Å². The van der Waals surface area contributed by atoms with Gasteiger partial charge in [0.1, 0.15) is 0 Å². The number of carbonyl (C=O) groups excluding carboxylic acids is 1. The lowest BCUT2D eigenvalue weighted by Gasteiger charge is -2.21. The van der Waals surface area contributed by atoms with Crippen LogP contribution in [0.5, 0.6) is 0 Å². The van der Waals surface area contributed by atoms with Crippen molar-refractivity contribution in [2.45, 2.75) is 39.2 Å². The molecule has 0 bridgehead atoms. The largest absolute Gasteiger partial charge is 0.391 e. The second-order valence-corrected chi connectivity index (χ2v) is 8.38. The van der Waals surface area contributed by atoms with Gasteiger partial charge in [-0.25, -0.2) is 0 Å². The summed E-state index contributed by atoms with van der Waals surface area (Å²) in [7, 11) is 0. The Labute approximate surface area is 190 Å². The normalized spacial score (nSPS) is 12.8. The molecule has 0 fully saturated rings. The standard InChI is InChI=1S/C24H33N3O3S/c1-18(2)13-14-30-17-22(28)16-20(15-19-9-5-3-6-10-19)23(29)26-27-24(31)25-21-11-7-4-8-12-21/h3-12,18,20,22,28H,13-17H2,1-2H3,(H,26,29)(H2,25,27,31). The highest BCUT2D eigenvalue weighted by atomic mass is 32.1. The summed E-state index contributed by atoms with van der Waals surface area (Å²) in [5.74, 6) is -0.117. The summed E-state index contributed by atoms with van der Waals surface area (Å²) in [6.07, 6.45) is 1.02. The minimum absolute atomic E-state index is 0.215. The maximum absolute atomic E-state index is 12.8. The van der Waals surface area contributed by atoms with Crippen LogP contribution in [0.4, 0.5) is 5.69 Å². The third kappa shape index (κ3) is 10.4. The lowest BCUT2D eigenvalue weighted by Crippen LogP contribution is -2.47. The third-order valence-corrected chi connectivity index (χ3v) is 4.94. The number of nitrogens with one attached hydrogen (secondary N) is 3. The van der Waals surface area contributed by atoms with E-state index >= 15 is 0 Å². The topological polar surface area (TPSA) is 82.6 Å². The number of hydrazine groups is 1. The van der Waals surface area contributed by atoms with Crippen molar-refractivity contribution < 1.29 is 14.6 Å². The van der Waals surface area contributed by atoms with E-state index < -0.39 is 12.0 Å². The minimum atomic E-state index is -0.721. The van der Waals surface area contributed by atoms with Crippen LogP contribution in [0, 0.1) is 11.8 Å². The molecule has 6 nitrogen and oxygen atoms in total. The van der Waals surface area contributed by atoms with Gasteiger partial charge in [-0.1, -0.05) is 62.4 Å². The van der Waals surface area contributed by atoms with Crippen LogP contribution in [-0.4, -0.2) is 35.4 Å². The van der Waals surface area contributed by atoms with Gasteiger partial charge in [0.25, 0.3) is 0 Å². The monoisotopic (exact) mass is 443 g/mol. The molecule has 31 heavy (non-hydrogen) atoms. The first-order chi connectivity index (χ1) is 14.9. The molecule has 0 saturated heterocycles. The lowest BCUT2D eigenvalue weighted by molar-refractivity contribution is -0.127. The SMILES string of the molecule is CC(C)CCOCC(O)CC(Cc1ccccc1)C(=O)NNC(=S)Nc1ccccc1. The average molecular weight is 444 g/mol. The van der Waals surface area contributed by atoms with Crippen LogP contribution in [-0.2, 0) is 16.0 Å². The fourth-order valence-electron chi connectivity index (χ4n) is 3.02. The van der Waals surface area contributed by atoms with Crippen molar-refractivity contribution in [1.82, 2.24) is 10.9 Å². The van der Waals surface area contributed by atoms with Crippen molar-refractivity contribution in [3.63, 3.8) is 0 Å². The molecule has 0 saturated carbocycles. The minimum Gasteiger partial charge on any atom is -0.391 e. The van der Waals surface area contributed by atoms with Gasteiger partial charge in [-0.3, -0.25) is 15.6 Å². The molecular weight excluding hydrogens is 410 g/mol. The van der Waals surface area contributed by atoms with E-state index in [-0.39, 0.29) is 17.6 Å². The Kier molecular flexibility index (Phi) is 11.0. The molecule has 2 unspecified atom stereocenters. The van der Waals surface area contributed by atoms with Crippen molar-refractivity contribution in [2.24, 2.45) is 11.8 Å². The van der Waals surface area contributed by atoms with Crippen LogP contribution in [0.3, 0.4) is 0 Å². The number of hydrogen-bond donors (Lipinski definition) is 4. The van der Waals surface area contributed by atoms with Crippen LogP contribution < -0.4 is 16.2 Å². The first-order valence-corrected chi connectivity index (χ1v) is 11.1. The van der Waals surface area contributed by atoms with Crippen molar-refractivity contribution in [3.8, 4) is 0 Å². The van der Waals surface area contributed by atoms with E-state index in [0.29, 0.717) is 25.4 Å². The highest BCUT2D eigenvalue weighted by molar-refractivity contribution is 7.80. The quantitative estimate of drug-likeness (QED) is 0.241. The summed E-state index contributed by atoms with van der Waals surface area (Å²) in [5, 5.41) is 13.7. The number of anilines is 1. The molecule has 0 spiro atoms. The smallest absolute Gasteiger partial charge is 0.241 e. The molecule has 168 valence electrons. The van der Waals surface area contributed by atoms with Gasteiger partial charge >= 0.3 is 0 Å². The number of thiocarbonyl (C=S) groups is 1. The number of aliphatic hydroxyl groups excluding tert-OH is 1. The third-order valence-electron chi connectivity index (χ3n) is 4.73. The van der Waals surface area contributed by atoms with E-state index in [1.165, 1.54) is 0 Å². The molecule has 4 N–H and O–H groups in total. The second-order valence-electron chi connectivity index (χ2n) is 7.97. The Morgan fingerprint density at radius 1 is 1.03 bits per heavy atom. The molecule has 0 radical (unpaired) electrons. The summed E-state index contributed by atoms with van der Waals surface area (Å²) in [4.78, 5) is 12.8. The molecular formula is C24H33N3O3S. The van der Waals surface area contributed by atoms with Gasteiger partial charge in [0, 0.05) is 18.2 Å². The Balaban J connectivity index is 1.88. The molecule has 2 atom stereocenters. The van der Waals surface area contributed by atoms with Crippen molar-refractivity contribution in [1.29, 1.82) is 0 Å². The Hall–Kier alpha value is -2.48.